The van der Waals surface area contributed by atoms with Gasteiger partial charge < -0.3 is 15.3 Å². The molecule has 0 unspecified atom stereocenters. The Bertz CT molecular complexity index is 224. The molecule has 0 radical (unpaired) electrons. The van der Waals surface area contributed by atoms with Crippen molar-refractivity contribution in [1.82, 2.24) is 10.2 Å². The zero-order valence-electron chi connectivity index (χ0n) is 10.8. The molecule has 0 amide bonds. The lowest BCUT2D eigenvalue weighted by molar-refractivity contribution is -0.0321. The Balaban J connectivity index is 1.81. The summed E-state index contributed by atoms with van der Waals surface area (Å²) in [5.41, 5.74) is 0.0833. The van der Waals surface area contributed by atoms with E-state index in [0.29, 0.717) is 5.41 Å². The van der Waals surface area contributed by atoms with E-state index in [0.717, 1.165) is 45.6 Å². The highest BCUT2D eigenvalue weighted by Gasteiger charge is 2.33. The smallest absolute Gasteiger partial charge is 0.0798 e. The number of nitrogens with one attached hydrogen (secondary N) is 1. The first-order chi connectivity index (χ1) is 7.49. The first-order valence-corrected chi connectivity index (χ1v) is 6.65. The minimum atomic E-state index is -0.424. The maximum absolute atomic E-state index is 10.5. The molecule has 16 heavy (non-hydrogen) atoms. The van der Waals surface area contributed by atoms with Gasteiger partial charge in [0.05, 0.1) is 5.60 Å². The maximum atomic E-state index is 10.5. The maximum Gasteiger partial charge on any atom is 0.0798 e. The van der Waals surface area contributed by atoms with Gasteiger partial charge in [-0.2, -0.15) is 0 Å². The van der Waals surface area contributed by atoms with E-state index in [4.69, 9.17) is 0 Å². The van der Waals surface area contributed by atoms with Crippen LogP contribution in [-0.4, -0.2) is 48.3 Å². The van der Waals surface area contributed by atoms with E-state index >= 15 is 0 Å². The molecule has 3 heteroatoms. The van der Waals surface area contributed by atoms with Gasteiger partial charge in [0.2, 0.25) is 0 Å². The lowest BCUT2D eigenvalue weighted by atomic mass is 9.82. The predicted molar refractivity (Wildman–Crippen MR) is 66.5 cm³/mol. The molecule has 0 saturated carbocycles. The Morgan fingerprint density at radius 1 is 1.06 bits per heavy atom. The van der Waals surface area contributed by atoms with E-state index in [9.17, 15) is 5.11 Å². The number of hydrogen-bond acceptors (Lipinski definition) is 3. The standard InChI is InChI=1S/C13H26N2O/c1-12(2)5-9-15(10-6-12)11-13(16)3-7-14-8-4-13/h14,16H,3-11H2,1-2H3. The van der Waals surface area contributed by atoms with Crippen LogP contribution in [-0.2, 0) is 0 Å². The highest BCUT2D eigenvalue weighted by Crippen LogP contribution is 2.31. The average Bonchev–Trinajstić information content (AvgIpc) is 2.22. The highest BCUT2D eigenvalue weighted by molar-refractivity contribution is 4.89. The van der Waals surface area contributed by atoms with Crippen LogP contribution in [0.1, 0.15) is 39.5 Å². The van der Waals surface area contributed by atoms with Crippen LogP contribution in [0.2, 0.25) is 0 Å². The number of rotatable bonds is 2. The van der Waals surface area contributed by atoms with Crippen molar-refractivity contribution in [3.63, 3.8) is 0 Å². The van der Waals surface area contributed by atoms with Gasteiger partial charge in [0.25, 0.3) is 0 Å². The average molecular weight is 226 g/mol. The molecule has 2 saturated heterocycles. The van der Waals surface area contributed by atoms with Crippen LogP contribution in [0, 0.1) is 5.41 Å². The first-order valence-electron chi connectivity index (χ1n) is 6.65. The summed E-state index contributed by atoms with van der Waals surface area (Å²) in [5, 5.41) is 13.8. The Morgan fingerprint density at radius 2 is 1.62 bits per heavy atom. The molecule has 0 spiro atoms. The molecule has 0 aromatic rings. The Labute approximate surface area is 99.2 Å². The third kappa shape index (κ3) is 3.19. The van der Waals surface area contributed by atoms with E-state index in [-0.39, 0.29) is 0 Å². The van der Waals surface area contributed by atoms with Gasteiger partial charge in [-0.05, 0) is 57.3 Å². The number of piperidine rings is 2. The molecule has 2 rings (SSSR count). The molecule has 2 aliphatic rings. The van der Waals surface area contributed by atoms with Crippen LogP contribution in [0.4, 0.5) is 0 Å². The normalized spacial score (nSPS) is 30.2. The minimum absolute atomic E-state index is 0.424. The van der Waals surface area contributed by atoms with Crippen LogP contribution >= 0.6 is 0 Å². The zero-order chi connectivity index (χ0) is 11.6. The quantitative estimate of drug-likeness (QED) is 0.743. The van der Waals surface area contributed by atoms with E-state index < -0.39 is 5.60 Å². The Hall–Kier alpha value is -0.120. The van der Waals surface area contributed by atoms with Crippen molar-refractivity contribution in [2.45, 2.75) is 45.1 Å². The molecule has 0 aromatic heterocycles. The van der Waals surface area contributed by atoms with E-state index in [1.165, 1.54) is 12.8 Å². The number of β-amino-alcohol motifs (C(OH)–C–C–N with tert-alkyl or cyclic N) is 1. The molecule has 0 aliphatic carbocycles. The Kier molecular flexibility index (Phi) is 3.57. The summed E-state index contributed by atoms with van der Waals surface area (Å²) < 4.78 is 0. The van der Waals surface area contributed by atoms with E-state index in [1.807, 2.05) is 0 Å². The molecule has 2 N–H and O–H groups in total. The topological polar surface area (TPSA) is 35.5 Å². The molecule has 0 bridgehead atoms. The second-order valence-corrected chi connectivity index (χ2v) is 6.41. The van der Waals surface area contributed by atoms with Crippen molar-refractivity contribution in [2.75, 3.05) is 32.7 Å². The molecule has 0 aromatic carbocycles. The van der Waals surface area contributed by atoms with Crippen LogP contribution in [0.3, 0.4) is 0 Å². The van der Waals surface area contributed by atoms with Gasteiger partial charge in [-0.25, -0.2) is 0 Å². The zero-order valence-corrected chi connectivity index (χ0v) is 10.8. The first kappa shape index (κ1) is 12.3. The van der Waals surface area contributed by atoms with Crippen molar-refractivity contribution in [3.8, 4) is 0 Å². The van der Waals surface area contributed by atoms with Gasteiger partial charge in [-0.15, -0.1) is 0 Å². The molecular formula is C13H26N2O. The van der Waals surface area contributed by atoms with Crippen LogP contribution in [0.15, 0.2) is 0 Å². The van der Waals surface area contributed by atoms with Gasteiger partial charge in [0.15, 0.2) is 0 Å². The third-order valence-electron chi connectivity index (χ3n) is 4.26. The van der Waals surface area contributed by atoms with Crippen molar-refractivity contribution < 1.29 is 5.11 Å². The SMILES string of the molecule is CC1(C)CCN(CC2(O)CCNCC2)CC1. The van der Waals surface area contributed by atoms with Gasteiger partial charge >= 0.3 is 0 Å². The molecule has 94 valence electrons. The number of likely N-dealkylation sites (tertiary alicyclic amines) is 1. The van der Waals surface area contributed by atoms with Crippen molar-refractivity contribution in [2.24, 2.45) is 5.41 Å². The van der Waals surface area contributed by atoms with Gasteiger partial charge in [0.1, 0.15) is 0 Å². The molecule has 0 atom stereocenters. The van der Waals surface area contributed by atoms with Crippen LogP contribution in [0.25, 0.3) is 0 Å². The Morgan fingerprint density at radius 3 is 2.19 bits per heavy atom. The van der Waals surface area contributed by atoms with Crippen molar-refractivity contribution >= 4 is 0 Å². The second kappa shape index (κ2) is 4.63. The van der Waals surface area contributed by atoms with Crippen LogP contribution in [0.5, 0.6) is 0 Å². The molecule has 3 nitrogen and oxygen atoms in total. The number of nitrogens with zero attached hydrogens (tertiary/aromatic N) is 1. The summed E-state index contributed by atoms with van der Waals surface area (Å²) in [6.07, 6.45) is 4.35. The van der Waals surface area contributed by atoms with Gasteiger partial charge in [0, 0.05) is 6.54 Å². The molecule has 2 aliphatic heterocycles. The summed E-state index contributed by atoms with van der Waals surface area (Å²) in [6.45, 7) is 9.83. The minimum Gasteiger partial charge on any atom is -0.388 e. The molecule has 2 fully saturated rings. The molecule has 2 heterocycles. The van der Waals surface area contributed by atoms with E-state index in [1.54, 1.807) is 0 Å². The molecular weight excluding hydrogens is 200 g/mol. The summed E-state index contributed by atoms with van der Waals surface area (Å²) in [7, 11) is 0. The number of hydrogen-bond donors (Lipinski definition) is 2. The van der Waals surface area contributed by atoms with Crippen LogP contribution < -0.4 is 5.32 Å². The van der Waals surface area contributed by atoms with E-state index in [2.05, 4.69) is 24.1 Å². The van der Waals surface area contributed by atoms with Gasteiger partial charge in [-0.1, -0.05) is 13.8 Å². The monoisotopic (exact) mass is 226 g/mol. The fourth-order valence-electron chi connectivity index (χ4n) is 2.78. The highest BCUT2D eigenvalue weighted by atomic mass is 16.3. The predicted octanol–water partition coefficient (Wildman–Crippen LogP) is 1.22. The summed E-state index contributed by atoms with van der Waals surface area (Å²) in [5.74, 6) is 0. The summed E-state index contributed by atoms with van der Waals surface area (Å²) >= 11 is 0. The second-order valence-electron chi connectivity index (χ2n) is 6.41. The summed E-state index contributed by atoms with van der Waals surface area (Å²) in [6, 6.07) is 0. The summed E-state index contributed by atoms with van der Waals surface area (Å²) in [4.78, 5) is 2.45. The van der Waals surface area contributed by atoms with Crippen molar-refractivity contribution in [1.29, 1.82) is 0 Å². The fourth-order valence-corrected chi connectivity index (χ4v) is 2.78. The van der Waals surface area contributed by atoms with Crippen molar-refractivity contribution in [3.05, 3.63) is 0 Å². The largest absolute Gasteiger partial charge is 0.388 e. The lowest BCUT2D eigenvalue weighted by Gasteiger charge is -2.42. The lowest BCUT2D eigenvalue weighted by Crippen LogP contribution is -2.51. The van der Waals surface area contributed by atoms with Gasteiger partial charge in [-0.3, -0.25) is 0 Å². The third-order valence-corrected chi connectivity index (χ3v) is 4.26. The number of aliphatic hydroxyl groups is 1. The fraction of sp³-hybridized carbons (Fsp3) is 1.00.